The Hall–Kier alpha value is -3.14. The topological polar surface area (TPSA) is 47.0 Å². The van der Waals surface area contributed by atoms with Crippen molar-refractivity contribution in [2.75, 3.05) is 5.32 Å². The first-order chi connectivity index (χ1) is 10.9. The molecule has 0 amide bonds. The van der Waals surface area contributed by atoms with Gasteiger partial charge in [-0.05, 0) is 24.3 Å². The molecule has 0 aliphatic carbocycles. The lowest BCUT2D eigenvalue weighted by Gasteiger charge is -2.11. The molecular weight excluding hydrogens is 274 g/mol. The smallest absolute Gasteiger partial charge is 0.231 e. The van der Waals surface area contributed by atoms with E-state index in [9.17, 15) is 0 Å². The number of fused-ring (bicyclic) bond motifs is 2. The van der Waals surface area contributed by atoms with Crippen molar-refractivity contribution >= 4 is 23.7 Å². The minimum Gasteiger partial charge on any atom is -0.438 e. The van der Waals surface area contributed by atoms with Crippen molar-refractivity contribution in [3.05, 3.63) is 72.1 Å². The average molecular weight is 287 g/mol. The Balaban J connectivity index is 1.77. The van der Waals surface area contributed by atoms with E-state index in [0.717, 1.165) is 28.4 Å². The second-order valence-electron chi connectivity index (χ2n) is 4.91. The lowest BCUT2D eigenvalue weighted by atomic mass is 10.1. The highest BCUT2D eigenvalue weighted by Crippen LogP contribution is 2.35. The van der Waals surface area contributed by atoms with Crippen LogP contribution in [0.2, 0.25) is 0 Å². The summed E-state index contributed by atoms with van der Waals surface area (Å²) in [5.74, 6) is 2.07. The number of nitrogens with one attached hydrogen (secondary N) is 1. The van der Waals surface area contributed by atoms with Crippen LogP contribution >= 0.6 is 0 Å². The van der Waals surface area contributed by atoms with E-state index < -0.39 is 0 Å². The van der Waals surface area contributed by atoms with Crippen LogP contribution in [0.15, 0.2) is 60.9 Å². The van der Waals surface area contributed by atoms with E-state index in [1.165, 1.54) is 6.33 Å². The molecule has 4 nitrogen and oxygen atoms in total. The van der Waals surface area contributed by atoms with Crippen LogP contribution < -0.4 is 10.1 Å². The van der Waals surface area contributed by atoms with E-state index in [0.29, 0.717) is 5.88 Å². The van der Waals surface area contributed by atoms with E-state index in [-0.39, 0.29) is 0 Å². The van der Waals surface area contributed by atoms with Crippen LogP contribution in [0, 0.1) is 0 Å². The van der Waals surface area contributed by atoms with Crippen LogP contribution in [-0.4, -0.2) is 9.97 Å². The van der Waals surface area contributed by atoms with Crippen LogP contribution in [0.3, 0.4) is 0 Å². The molecule has 4 rings (SSSR count). The summed E-state index contributed by atoms with van der Waals surface area (Å²) in [4.78, 5) is 8.59. The van der Waals surface area contributed by atoms with Gasteiger partial charge in [0.25, 0.3) is 0 Å². The molecule has 0 unspecified atom stereocenters. The quantitative estimate of drug-likeness (QED) is 0.590. The molecule has 22 heavy (non-hydrogen) atoms. The Kier molecular flexibility index (Phi) is 3.05. The maximum absolute atomic E-state index is 5.93. The number of nitrogens with zero attached hydrogens (tertiary/aromatic N) is 2. The predicted molar refractivity (Wildman–Crippen MR) is 87.2 cm³/mol. The zero-order chi connectivity index (χ0) is 14.8. The van der Waals surface area contributed by atoms with Crippen molar-refractivity contribution in [2.24, 2.45) is 0 Å². The third-order valence-electron chi connectivity index (χ3n) is 3.44. The van der Waals surface area contributed by atoms with Gasteiger partial charge in [0, 0.05) is 11.3 Å². The molecule has 0 saturated carbocycles. The second-order valence-corrected chi connectivity index (χ2v) is 4.91. The molecule has 0 saturated heterocycles. The second kappa shape index (κ2) is 5.33. The highest BCUT2D eigenvalue weighted by molar-refractivity contribution is 5.82. The first-order valence-corrected chi connectivity index (χ1v) is 7.02. The molecule has 2 aromatic carbocycles. The predicted octanol–water partition coefficient (Wildman–Crippen LogP) is 4.50. The van der Waals surface area contributed by atoms with Crippen molar-refractivity contribution in [3.63, 3.8) is 0 Å². The van der Waals surface area contributed by atoms with E-state index in [1.807, 2.05) is 66.7 Å². The molecular formula is C18H13N3O. The van der Waals surface area contributed by atoms with Crippen LogP contribution in [0.4, 0.5) is 11.5 Å². The summed E-state index contributed by atoms with van der Waals surface area (Å²) in [6, 6.07) is 17.8. The Bertz CT molecular complexity index is 844. The Labute approximate surface area is 128 Å². The number of aromatic nitrogens is 2. The summed E-state index contributed by atoms with van der Waals surface area (Å²) in [5, 5.41) is 3.30. The maximum Gasteiger partial charge on any atom is 0.231 e. The third kappa shape index (κ3) is 2.31. The fraction of sp³-hybridized carbons (Fsp3) is 0. The van der Waals surface area contributed by atoms with Crippen LogP contribution in [0.25, 0.3) is 12.2 Å². The normalized spacial score (nSPS) is 11.8. The van der Waals surface area contributed by atoms with Gasteiger partial charge in [-0.25, -0.2) is 9.97 Å². The lowest BCUT2D eigenvalue weighted by Crippen LogP contribution is -1.99. The van der Waals surface area contributed by atoms with Crippen molar-refractivity contribution in [1.29, 1.82) is 0 Å². The van der Waals surface area contributed by atoms with Gasteiger partial charge in [0.05, 0.1) is 5.56 Å². The third-order valence-corrected chi connectivity index (χ3v) is 3.44. The molecule has 2 heterocycles. The molecule has 1 aliphatic rings. The van der Waals surface area contributed by atoms with Crippen LogP contribution in [0.5, 0.6) is 11.6 Å². The highest BCUT2D eigenvalue weighted by atomic mass is 16.5. The molecule has 0 bridgehead atoms. The molecule has 1 aliphatic heterocycles. The van der Waals surface area contributed by atoms with Gasteiger partial charge in [0.15, 0.2) is 0 Å². The number of hydrogen-bond donors (Lipinski definition) is 1. The minimum atomic E-state index is 0.551. The number of anilines is 2. The fourth-order valence-electron chi connectivity index (χ4n) is 2.36. The van der Waals surface area contributed by atoms with Crippen molar-refractivity contribution in [2.45, 2.75) is 0 Å². The summed E-state index contributed by atoms with van der Waals surface area (Å²) < 4.78 is 5.93. The van der Waals surface area contributed by atoms with E-state index in [1.54, 1.807) is 0 Å². The Morgan fingerprint density at radius 2 is 1.64 bits per heavy atom. The number of ether oxygens (including phenoxy) is 1. The SMILES string of the molecule is C1=Cc2c(Nc3ccccc3)ncnc2Oc2ccccc21. The zero-order valence-electron chi connectivity index (χ0n) is 11.7. The first kappa shape index (κ1) is 12.6. The highest BCUT2D eigenvalue weighted by Gasteiger charge is 2.15. The largest absolute Gasteiger partial charge is 0.438 e. The molecule has 0 fully saturated rings. The minimum absolute atomic E-state index is 0.551. The van der Waals surface area contributed by atoms with Crippen molar-refractivity contribution in [1.82, 2.24) is 9.97 Å². The molecule has 1 aromatic heterocycles. The summed E-state index contributed by atoms with van der Waals surface area (Å²) in [6.07, 6.45) is 5.50. The van der Waals surface area contributed by atoms with Crippen LogP contribution in [-0.2, 0) is 0 Å². The first-order valence-electron chi connectivity index (χ1n) is 7.02. The standard InChI is InChI=1S/C18H13N3O/c1-2-7-14(8-3-1)21-17-15-11-10-13-6-4-5-9-16(13)22-18(15)20-12-19-17/h1-12H,(H,19,20,21). The lowest BCUT2D eigenvalue weighted by molar-refractivity contribution is 0.460. The zero-order valence-corrected chi connectivity index (χ0v) is 11.7. The van der Waals surface area contributed by atoms with Crippen LogP contribution in [0.1, 0.15) is 11.1 Å². The fourth-order valence-corrected chi connectivity index (χ4v) is 2.36. The van der Waals surface area contributed by atoms with Gasteiger partial charge < -0.3 is 10.1 Å². The summed E-state index contributed by atoms with van der Waals surface area (Å²) >= 11 is 0. The van der Waals surface area contributed by atoms with Gasteiger partial charge >= 0.3 is 0 Å². The van der Waals surface area contributed by atoms with Gasteiger partial charge in [-0.3, -0.25) is 0 Å². The molecule has 0 radical (unpaired) electrons. The maximum atomic E-state index is 5.93. The van der Waals surface area contributed by atoms with Gasteiger partial charge in [-0.2, -0.15) is 0 Å². The van der Waals surface area contributed by atoms with Gasteiger partial charge in [-0.15, -0.1) is 0 Å². The van der Waals surface area contributed by atoms with Gasteiger partial charge in [0.2, 0.25) is 5.88 Å². The van der Waals surface area contributed by atoms with Crippen molar-refractivity contribution < 1.29 is 4.74 Å². The molecule has 4 heteroatoms. The molecule has 1 N–H and O–H groups in total. The Morgan fingerprint density at radius 3 is 2.55 bits per heavy atom. The number of rotatable bonds is 2. The number of hydrogen-bond acceptors (Lipinski definition) is 4. The number of benzene rings is 2. The molecule has 106 valence electrons. The summed E-state index contributed by atoms with van der Waals surface area (Å²) in [7, 11) is 0. The van der Waals surface area contributed by atoms with E-state index in [2.05, 4.69) is 15.3 Å². The van der Waals surface area contributed by atoms with Gasteiger partial charge in [0.1, 0.15) is 17.9 Å². The average Bonchev–Trinajstić information content (AvgIpc) is 2.75. The van der Waals surface area contributed by atoms with E-state index >= 15 is 0 Å². The summed E-state index contributed by atoms with van der Waals surface area (Å²) in [6.45, 7) is 0. The molecule has 0 spiro atoms. The Morgan fingerprint density at radius 1 is 0.818 bits per heavy atom. The van der Waals surface area contributed by atoms with Crippen molar-refractivity contribution in [3.8, 4) is 11.6 Å². The number of para-hydroxylation sites is 2. The monoisotopic (exact) mass is 287 g/mol. The van der Waals surface area contributed by atoms with Gasteiger partial charge in [-0.1, -0.05) is 42.5 Å². The van der Waals surface area contributed by atoms with E-state index in [4.69, 9.17) is 4.74 Å². The molecule has 3 aromatic rings. The summed E-state index contributed by atoms with van der Waals surface area (Å²) in [5.41, 5.74) is 2.83. The molecule has 0 atom stereocenters.